The van der Waals surface area contributed by atoms with Gasteiger partial charge in [0, 0.05) is 31.3 Å². The van der Waals surface area contributed by atoms with Crippen LogP contribution in [-0.4, -0.2) is 49.8 Å². The molecule has 0 saturated carbocycles. The molecular weight excluding hydrogens is 594 g/mol. The van der Waals surface area contributed by atoms with Crippen molar-refractivity contribution in [2.45, 2.75) is 57.8 Å². The second-order valence-electron chi connectivity index (χ2n) is 10.8. The minimum Gasteiger partial charge on any atom is -0.488 e. The van der Waals surface area contributed by atoms with Crippen LogP contribution < -0.4 is 4.74 Å². The summed E-state index contributed by atoms with van der Waals surface area (Å²) in [4.78, 5) is 22.6. The number of halogens is 6. The molecule has 1 N–H and O–H groups in total. The largest absolute Gasteiger partial charge is 0.488 e. The number of hydrogen-bond donors (Lipinski definition) is 1. The zero-order valence-electron chi connectivity index (χ0n) is 23.3. The summed E-state index contributed by atoms with van der Waals surface area (Å²) in [6.07, 6.45) is -3.79. The van der Waals surface area contributed by atoms with E-state index < -0.39 is 59.1 Å². The van der Waals surface area contributed by atoms with Crippen LogP contribution in [0.5, 0.6) is 5.75 Å². The van der Waals surface area contributed by atoms with Gasteiger partial charge in [-0.1, -0.05) is 0 Å². The third kappa shape index (κ3) is 5.71. The molecule has 14 heteroatoms. The summed E-state index contributed by atoms with van der Waals surface area (Å²) in [6, 6.07) is 5.63. The van der Waals surface area contributed by atoms with E-state index in [1.165, 1.54) is 12.1 Å². The molecule has 232 valence electrons. The van der Waals surface area contributed by atoms with Crippen molar-refractivity contribution in [3.63, 3.8) is 0 Å². The van der Waals surface area contributed by atoms with Crippen LogP contribution in [0.15, 0.2) is 36.4 Å². The molecule has 0 amide bonds. The van der Waals surface area contributed by atoms with Crippen LogP contribution in [0.4, 0.5) is 26.3 Å². The number of carboxylic acids is 1. The van der Waals surface area contributed by atoms with Crippen molar-refractivity contribution in [1.82, 2.24) is 19.4 Å². The number of carboxylic acid groups (broad SMARTS) is 1. The van der Waals surface area contributed by atoms with Gasteiger partial charge in [0.05, 0.1) is 30.3 Å². The first-order valence-corrected chi connectivity index (χ1v) is 13.8. The minimum absolute atomic E-state index is 0.0859. The van der Waals surface area contributed by atoms with Gasteiger partial charge in [0.2, 0.25) is 0 Å². The maximum Gasteiger partial charge on any atom is 0.419 e. The molecule has 2 aromatic heterocycles. The first kappa shape index (κ1) is 29.9. The minimum atomic E-state index is -4.80. The number of hydrogen-bond acceptors (Lipinski definition) is 6. The van der Waals surface area contributed by atoms with Gasteiger partial charge in [-0.25, -0.2) is 27.9 Å². The van der Waals surface area contributed by atoms with Gasteiger partial charge >= 0.3 is 12.1 Å². The number of aromatic nitrogens is 3. The molecule has 0 aliphatic carbocycles. The summed E-state index contributed by atoms with van der Waals surface area (Å²) in [5.41, 5.74) is -0.0181. The lowest BCUT2D eigenvalue weighted by Crippen LogP contribution is -2.36. The molecule has 4 heterocycles. The fraction of sp³-hybridized carbons (Fsp3) is 0.367. The van der Waals surface area contributed by atoms with Crippen LogP contribution in [0.25, 0.3) is 11.2 Å². The average Bonchev–Trinajstić information content (AvgIpc) is 3.26. The van der Waals surface area contributed by atoms with Crippen molar-refractivity contribution < 1.29 is 45.7 Å². The standard InChI is InChI=1S/C30H26F6N4O4/c1-15-19-11-26(44-14-20-22(32)9-17(31)10-23(20)33)21(30(34,35)36)8-16(19)4-6-39(15)13-27-37-24-2-3-25(29(41)42)38-28(24)40(27)12-18-5-7-43-18/h2-3,8-11,15,18H,4-7,12-14H2,1H3,(H,41,42)/t15-,18-/m0/s1. The lowest BCUT2D eigenvalue weighted by atomic mass is 9.91. The number of benzene rings is 2. The van der Waals surface area contributed by atoms with Gasteiger partial charge in [-0.15, -0.1) is 0 Å². The molecule has 1 fully saturated rings. The first-order valence-electron chi connectivity index (χ1n) is 13.8. The number of imidazole rings is 1. The zero-order chi connectivity index (χ0) is 31.3. The molecule has 0 spiro atoms. The number of aromatic carboxylic acids is 1. The molecular formula is C30H26F6N4O4. The van der Waals surface area contributed by atoms with Crippen LogP contribution in [0, 0.1) is 17.5 Å². The average molecular weight is 621 g/mol. The summed E-state index contributed by atoms with van der Waals surface area (Å²) >= 11 is 0. The molecule has 2 aromatic carbocycles. The Morgan fingerprint density at radius 3 is 2.48 bits per heavy atom. The number of alkyl halides is 3. The Morgan fingerprint density at radius 1 is 1.11 bits per heavy atom. The van der Waals surface area contributed by atoms with Crippen LogP contribution in [0.1, 0.15) is 58.0 Å². The maximum atomic E-state index is 14.2. The molecule has 1 saturated heterocycles. The smallest absolute Gasteiger partial charge is 0.419 e. The van der Waals surface area contributed by atoms with E-state index in [4.69, 9.17) is 14.5 Å². The Bertz CT molecular complexity index is 1730. The van der Waals surface area contributed by atoms with E-state index in [0.29, 0.717) is 59.9 Å². The van der Waals surface area contributed by atoms with Crippen molar-refractivity contribution in [2.75, 3.05) is 13.2 Å². The van der Waals surface area contributed by atoms with E-state index in [-0.39, 0.29) is 24.8 Å². The molecule has 0 radical (unpaired) electrons. The normalized spacial score (nSPS) is 18.7. The molecule has 2 aliphatic rings. The van der Waals surface area contributed by atoms with Crippen LogP contribution >= 0.6 is 0 Å². The number of fused-ring (bicyclic) bond motifs is 2. The third-order valence-corrected chi connectivity index (χ3v) is 8.11. The summed E-state index contributed by atoms with van der Waals surface area (Å²) in [6.45, 7) is 2.63. The summed E-state index contributed by atoms with van der Waals surface area (Å²) in [5.74, 6) is -4.89. The Hall–Kier alpha value is -4.17. The summed E-state index contributed by atoms with van der Waals surface area (Å²) < 4.78 is 96.5. The van der Waals surface area contributed by atoms with Crippen molar-refractivity contribution in [1.29, 1.82) is 0 Å². The topological polar surface area (TPSA) is 89.7 Å². The maximum absolute atomic E-state index is 14.2. The van der Waals surface area contributed by atoms with Crippen LogP contribution in [0.3, 0.4) is 0 Å². The zero-order valence-corrected chi connectivity index (χ0v) is 23.3. The fourth-order valence-corrected chi connectivity index (χ4v) is 5.61. The Labute approximate surface area is 246 Å². The molecule has 0 unspecified atom stereocenters. The number of ether oxygens (including phenoxy) is 2. The highest BCUT2D eigenvalue weighted by molar-refractivity contribution is 5.88. The van der Waals surface area contributed by atoms with E-state index in [1.54, 1.807) is 6.07 Å². The SMILES string of the molecule is C[C@H]1c2cc(OCc3c(F)cc(F)cc3F)c(C(F)(F)F)cc2CCN1Cc1nc2ccc(C(=O)O)nc2n1C[C@@H]1CCO1. The highest BCUT2D eigenvalue weighted by atomic mass is 19.4. The molecule has 2 aliphatic heterocycles. The Morgan fingerprint density at radius 2 is 1.84 bits per heavy atom. The predicted molar refractivity (Wildman–Crippen MR) is 143 cm³/mol. The number of rotatable bonds is 8. The van der Waals surface area contributed by atoms with Crippen molar-refractivity contribution in [3.8, 4) is 5.75 Å². The third-order valence-electron chi connectivity index (χ3n) is 8.11. The molecule has 2 atom stereocenters. The highest BCUT2D eigenvalue weighted by Gasteiger charge is 2.37. The van der Waals surface area contributed by atoms with E-state index in [1.807, 2.05) is 16.4 Å². The van der Waals surface area contributed by atoms with E-state index in [2.05, 4.69) is 4.98 Å². The Kier molecular flexibility index (Phi) is 7.74. The molecule has 44 heavy (non-hydrogen) atoms. The van der Waals surface area contributed by atoms with Gasteiger partial charge < -0.3 is 19.1 Å². The monoisotopic (exact) mass is 620 g/mol. The second-order valence-corrected chi connectivity index (χ2v) is 10.8. The lowest BCUT2D eigenvalue weighted by molar-refractivity contribution is -0.139. The molecule has 0 bridgehead atoms. The van der Waals surface area contributed by atoms with E-state index >= 15 is 0 Å². The van der Waals surface area contributed by atoms with Gasteiger partial charge in [0.25, 0.3) is 0 Å². The van der Waals surface area contributed by atoms with Crippen molar-refractivity contribution in [3.05, 3.63) is 87.6 Å². The van der Waals surface area contributed by atoms with Crippen molar-refractivity contribution in [2.24, 2.45) is 0 Å². The van der Waals surface area contributed by atoms with E-state index in [9.17, 15) is 36.2 Å². The second kappa shape index (κ2) is 11.4. The van der Waals surface area contributed by atoms with Crippen LogP contribution in [-0.2, 0) is 37.0 Å². The van der Waals surface area contributed by atoms with Gasteiger partial charge in [-0.05, 0) is 55.2 Å². The molecule has 4 aromatic rings. The fourth-order valence-electron chi connectivity index (χ4n) is 5.61. The van der Waals surface area contributed by atoms with Gasteiger partial charge in [-0.2, -0.15) is 13.2 Å². The van der Waals surface area contributed by atoms with Gasteiger partial charge in [0.1, 0.15) is 41.1 Å². The number of nitrogens with zero attached hydrogens (tertiary/aromatic N) is 4. The molecule has 6 rings (SSSR count). The lowest BCUT2D eigenvalue weighted by Gasteiger charge is -2.36. The number of carbonyl (C=O) groups is 1. The van der Waals surface area contributed by atoms with E-state index in [0.717, 1.165) is 12.5 Å². The predicted octanol–water partition coefficient (Wildman–Crippen LogP) is 6.05. The number of pyridine rings is 1. The first-order chi connectivity index (χ1) is 20.9. The Balaban J connectivity index is 1.31. The van der Waals surface area contributed by atoms with Gasteiger partial charge in [-0.3, -0.25) is 4.90 Å². The van der Waals surface area contributed by atoms with Gasteiger partial charge in [0.15, 0.2) is 11.3 Å². The van der Waals surface area contributed by atoms with Crippen LogP contribution in [0.2, 0.25) is 0 Å². The quantitative estimate of drug-likeness (QED) is 0.240. The highest BCUT2D eigenvalue weighted by Crippen LogP contribution is 2.42. The van der Waals surface area contributed by atoms with Crippen molar-refractivity contribution >= 4 is 17.1 Å². The molecule has 8 nitrogen and oxygen atoms in total. The summed E-state index contributed by atoms with van der Waals surface area (Å²) in [5, 5.41) is 9.45. The summed E-state index contributed by atoms with van der Waals surface area (Å²) in [7, 11) is 0.